The van der Waals surface area contributed by atoms with Gasteiger partial charge >= 0.3 is 6.09 Å². The summed E-state index contributed by atoms with van der Waals surface area (Å²) in [7, 11) is 1.33. The molecule has 0 aromatic heterocycles. The van der Waals surface area contributed by atoms with Crippen LogP contribution in [0.15, 0.2) is 51.4 Å². The molecule has 0 radical (unpaired) electrons. The van der Waals surface area contributed by atoms with E-state index in [2.05, 4.69) is 59.4 Å². The summed E-state index contributed by atoms with van der Waals surface area (Å²) >= 11 is 6.93. The van der Waals surface area contributed by atoms with Gasteiger partial charge in [-0.2, -0.15) is 0 Å². The number of anilines is 2. The maximum atomic E-state index is 11.1. The molecule has 2 aromatic rings. The molecule has 0 heterocycles. The van der Waals surface area contributed by atoms with Crippen LogP contribution in [0.3, 0.4) is 0 Å². The second kappa shape index (κ2) is 7.47. The van der Waals surface area contributed by atoms with E-state index < -0.39 is 6.09 Å². The van der Waals surface area contributed by atoms with Crippen molar-refractivity contribution in [3.63, 3.8) is 0 Å². The molecular formula is C15H14Br2N2O2. The number of carbonyl (C=O) groups is 1. The predicted molar refractivity (Wildman–Crippen MR) is 91.6 cm³/mol. The monoisotopic (exact) mass is 412 g/mol. The van der Waals surface area contributed by atoms with Crippen LogP contribution in [0.25, 0.3) is 0 Å². The van der Waals surface area contributed by atoms with E-state index in [4.69, 9.17) is 0 Å². The molecule has 2 rings (SSSR count). The highest BCUT2D eigenvalue weighted by molar-refractivity contribution is 9.13. The van der Waals surface area contributed by atoms with Crippen molar-refractivity contribution < 1.29 is 9.53 Å². The summed E-state index contributed by atoms with van der Waals surface area (Å²) in [5.74, 6) is 0. The Morgan fingerprint density at radius 2 is 1.71 bits per heavy atom. The summed E-state index contributed by atoms with van der Waals surface area (Å²) in [6, 6.07) is 13.6. The quantitative estimate of drug-likeness (QED) is 0.741. The second-order valence-electron chi connectivity index (χ2n) is 4.30. The first-order valence-electron chi connectivity index (χ1n) is 6.21. The number of carbonyl (C=O) groups excluding carboxylic acids is 1. The highest BCUT2D eigenvalue weighted by atomic mass is 79.9. The number of rotatable bonds is 4. The number of nitrogens with one attached hydrogen (secondary N) is 2. The van der Waals surface area contributed by atoms with E-state index in [1.165, 1.54) is 12.7 Å². The lowest BCUT2D eigenvalue weighted by atomic mass is 10.2. The van der Waals surface area contributed by atoms with Gasteiger partial charge in [0.05, 0.1) is 7.11 Å². The molecule has 1 amide bonds. The predicted octanol–water partition coefficient (Wildman–Crippen LogP) is 5.00. The molecule has 21 heavy (non-hydrogen) atoms. The molecule has 4 nitrogen and oxygen atoms in total. The van der Waals surface area contributed by atoms with E-state index in [9.17, 15) is 4.79 Å². The minimum Gasteiger partial charge on any atom is -0.453 e. The first-order chi connectivity index (χ1) is 10.1. The molecule has 6 heteroatoms. The van der Waals surface area contributed by atoms with Gasteiger partial charge in [0, 0.05) is 26.9 Å². The maximum absolute atomic E-state index is 11.1. The molecule has 2 N–H and O–H groups in total. The summed E-state index contributed by atoms with van der Waals surface area (Å²) in [6.07, 6.45) is -0.476. The van der Waals surface area contributed by atoms with Crippen LogP contribution >= 0.6 is 31.9 Å². The standard InChI is InChI=1S/C15H14Br2N2O2/c1-21-15(20)19-12-5-3-11(4-6-12)18-9-10-2-7-13(16)14(17)8-10/h2-8,18H,9H2,1H3,(H,19,20). The van der Waals surface area contributed by atoms with Crippen molar-refractivity contribution in [2.45, 2.75) is 6.54 Å². The molecule has 0 saturated carbocycles. The molecule has 0 aliphatic carbocycles. The first kappa shape index (κ1) is 15.9. The summed E-state index contributed by atoms with van der Waals surface area (Å²) in [5, 5.41) is 5.93. The third-order valence-electron chi connectivity index (χ3n) is 2.80. The van der Waals surface area contributed by atoms with Crippen LogP contribution < -0.4 is 10.6 Å². The van der Waals surface area contributed by atoms with Gasteiger partial charge in [-0.05, 0) is 73.8 Å². The number of halogens is 2. The van der Waals surface area contributed by atoms with Crippen molar-refractivity contribution in [2.24, 2.45) is 0 Å². The van der Waals surface area contributed by atoms with Crippen LogP contribution in [0.5, 0.6) is 0 Å². The van der Waals surface area contributed by atoms with Crippen molar-refractivity contribution in [3.8, 4) is 0 Å². The SMILES string of the molecule is COC(=O)Nc1ccc(NCc2ccc(Br)c(Br)c2)cc1. The Bertz CT molecular complexity index is 630. The van der Waals surface area contributed by atoms with Crippen molar-refractivity contribution >= 4 is 49.3 Å². The third-order valence-corrected chi connectivity index (χ3v) is 4.68. The number of ether oxygens (including phenoxy) is 1. The van der Waals surface area contributed by atoms with Crippen molar-refractivity contribution in [1.29, 1.82) is 0 Å². The lowest BCUT2D eigenvalue weighted by Gasteiger charge is -2.09. The number of methoxy groups -OCH3 is 1. The molecule has 0 fully saturated rings. The third kappa shape index (κ3) is 4.75. The Morgan fingerprint density at radius 3 is 2.33 bits per heavy atom. The number of hydrogen-bond acceptors (Lipinski definition) is 3. The maximum Gasteiger partial charge on any atom is 0.411 e. The summed E-state index contributed by atoms with van der Waals surface area (Å²) in [5.41, 5.74) is 2.84. The zero-order valence-corrected chi connectivity index (χ0v) is 14.5. The van der Waals surface area contributed by atoms with Gasteiger partial charge in [-0.25, -0.2) is 4.79 Å². The number of amides is 1. The molecule has 0 aliphatic rings. The van der Waals surface area contributed by atoms with E-state index in [1.807, 2.05) is 30.3 Å². The molecule has 2 aromatic carbocycles. The average Bonchev–Trinajstić information content (AvgIpc) is 2.50. The van der Waals surface area contributed by atoms with Gasteiger partial charge in [-0.3, -0.25) is 5.32 Å². The zero-order valence-electron chi connectivity index (χ0n) is 11.3. The smallest absolute Gasteiger partial charge is 0.411 e. The van der Waals surface area contributed by atoms with Crippen molar-refractivity contribution in [2.75, 3.05) is 17.7 Å². The van der Waals surface area contributed by atoms with E-state index >= 15 is 0 Å². The molecular weight excluding hydrogens is 400 g/mol. The Balaban J connectivity index is 1.94. The Morgan fingerprint density at radius 1 is 1.05 bits per heavy atom. The highest BCUT2D eigenvalue weighted by Gasteiger charge is 2.01. The van der Waals surface area contributed by atoms with Crippen molar-refractivity contribution in [3.05, 3.63) is 57.0 Å². The minimum absolute atomic E-state index is 0.476. The van der Waals surface area contributed by atoms with Crippen LogP contribution in [0.1, 0.15) is 5.56 Å². The lowest BCUT2D eigenvalue weighted by Crippen LogP contribution is -2.10. The van der Waals surface area contributed by atoms with Gasteiger partial charge in [-0.15, -0.1) is 0 Å². The van der Waals surface area contributed by atoms with Crippen LogP contribution in [-0.2, 0) is 11.3 Å². The molecule has 110 valence electrons. The number of hydrogen-bond donors (Lipinski definition) is 2. The van der Waals surface area contributed by atoms with Gasteiger partial charge in [0.15, 0.2) is 0 Å². The Hall–Kier alpha value is -1.53. The average molecular weight is 414 g/mol. The summed E-state index contributed by atoms with van der Waals surface area (Å²) in [4.78, 5) is 11.1. The molecule has 0 unspecified atom stereocenters. The molecule has 0 atom stereocenters. The van der Waals surface area contributed by atoms with Crippen LogP contribution in [-0.4, -0.2) is 13.2 Å². The van der Waals surface area contributed by atoms with Crippen LogP contribution in [0.2, 0.25) is 0 Å². The van der Waals surface area contributed by atoms with E-state index in [-0.39, 0.29) is 0 Å². The normalized spacial score (nSPS) is 10.0. The largest absolute Gasteiger partial charge is 0.453 e. The van der Waals surface area contributed by atoms with Crippen molar-refractivity contribution in [1.82, 2.24) is 0 Å². The fraction of sp³-hybridized carbons (Fsp3) is 0.133. The van der Waals surface area contributed by atoms with Crippen LogP contribution in [0.4, 0.5) is 16.2 Å². The van der Waals surface area contributed by atoms with E-state index in [1.54, 1.807) is 0 Å². The highest BCUT2D eigenvalue weighted by Crippen LogP contribution is 2.24. The van der Waals surface area contributed by atoms with Gasteiger partial charge in [0.2, 0.25) is 0 Å². The topological polar surface area (TPSA) is 50.4 Å². The fourth-order valence-electron chi connectivity index (χ4n) is 1.69. The van der Waals surface area contributed by atoms with Gasteiger partial charge in [-0.1, -0.05) is 6.07 Å². The Labute approximate surface area is 140 Å². The van der Waals surface area contributed by atoms with Crippen LogP contribution in [0, 0.1) is 0 Å². The molecule has 0 aliphatic heterocycles. The first-order valence-corrected chi connectivity index (χ1v) is 7.80. The lowest BCUT2D eigenvalue weighted by molar-refractivity contribution is 0.187. The zero-order chi connectivity index (χ0) is 15.2. The fourth-order valence-corrected chi connectivity index (χ4v) is 2.37. The van der Waals surface area contributed by atoms with Gasteiger partial charge < -0.3 is 10.1 Å². The number of benzene rings is 2. The second-order valence-corrected chi connectivity index (χ2v) is 6.00. The molecule has 0 bridgehead atoms. The molecule has 0 spiro atoms. The summed E-state index contributed by atoms with van der Waals surface area (Å²) in [6.45, 7) is 0.718. The minimum atomic E-state index is -0.476. The Kier molecular flexibility index (Phi) is 5.64. The van der Waals surface area contributed by atoms with Gasteiger partial charge in [0.1, 0.15) is 0 Å². The van der Waals surface area contributed by atoms with Gasteiger partial charge in [0.25, 0.3) is 0 Å². The van der Waals surface area contributed by atoms with E-state index in [0.29, 0.717) is 5.69 Å². The molecule has 0 saturated heterocycles. The van der Waals surface area contributed by atoms with E-state index in [0.717, 1.165) is 21.2 Å². The summed E-state index contributed by atoms with van der Waals surface area (Å²) < 4.78 is 6.60.